The van der Waals surface area contributed by atoms with Gasteiger partial charge in [0.25, 0.3) is 5.69 Å². The summed E-state index contributed by atoms with van der Waals surface area (Å²) in [4.78, 5) is 11.5. The summed E-state index contributed by atoms with van der Waals surface area (Å²) in [6.07, 6.45) is 0.620. The summed E-state index contributed by atoms with van der Waals surface area (Å²) in [5.41, 5.74) is -0.316. The number of halogens is 2. The zero-order valence-electron chi connectivity index (χ0n) is 13.2. The first-order chi connectivity index (χ1) is 11.2. The first-order valence-electron chi connectivity index (χ1n) is 7.26. The van der Waals surface area contributed by atoms with Crippen molar-refractivity contribution in [2.24, 2.45) is 5.92 Å². The second-order valence-electron chi connectivity index (χ2n) is 5.70. The molecule has 10 heteroatoms. The Morgan fingerprint density at radius 1 is 1.42 bits per heavy atom. The van der Waals surface area contributed by atoms with Crippen molar-refractivity contribution >= 4 is 21.2 Å². The second-order valence-corrected chi connectivity index (χ2v) is 7.62. The van der Waals surface area contributed by atoms with E-state index < -0.39 is 31.1 Å². The Labute approximate surface area is 138 Å². The Hall–Kier alpha value is -1.81. The van der Waals surface area contributed by atoms with Gasteiger partial charge in [-0.1, -0.05) is 6.92 Å². The summed E-state index contributed by atoms with van der Waals surface area (Å²) in [5.74, 6) is -3.35. The van der Waals surface area contributed by atoms with Gasteiger partial charge in [0.1, 0.15) is 5.69 Å². The molecule has 1 aromatic carbocycles. The Bertz CT molecular complexity index is 726. The van der Waals surface area contributed by atoms with Crippen LogP contribution in [0.5, 0.6) is 0 Å². The van der Waals surface area contributed by atoms with E-state index in [-0.39, 0.29) is 17.7 Å². The molecule has 0 saturated carbocycles. The van der Waals surface area contributed by atoms with Crippen LogP contribution in [-0.2, 0) is 14.6 Å². The fourth-order valence-corrected chi connectivity index (χ4v) is 3.50. The maximum Gasteiger partial charge on any atom is 0.341 e. The molecule has 1 saturated heterocycles. The van der Waals surface area contributed by atoms with Gasteiger partial charge >= 0.3 is 5.76 Å². The molecule has 7 nitrogen and oxygen atoms in total. The predicted molar refractivity (Wildman–Crippen MR) is 83.1 cm³/mol. The Morgan fingerprint density at radius 2 is 2.08 bits per heavy atom. The normalized spacial score (nSPS) is 22.0. The van der Waals surface area contributed by atoms with Crippen LogP contribution in [0.2, 0.25) is 0 Å². The van der Waals surface area contributed by atoms with E-state index in [4.69, 9.17) is 4.74 Å². The molecule has 1 aromatic rings. The number of methoxy groups -OCH3 is 1. The topological polar surface area (TPSA) is 89.8 Å². The van der Waals surface area contributed by atoms with Crippen LogP contribution in [0, 0.1) is 16.0 Å². The molecule has 1 aliphatic rings. The SMILES string of the molecule is COC1CN(c2ccc(S(=O)(=O)C(F)F)cc2[N+](=O)[O-])CCC1C. The van der Waals surface area contributed by atoms with Gasteiger partial charge in [-0.05, 0) is 24.5 Å². The molecule has 1 fully saturated rings. The van der Waals surface area contributed by atoms with Crippen molar-refractivity contribution in [1.29, 1.82) is 0 Å². The minimum absolute atomic E-state index is 0.122. The number of alkyl halides is 2. The summed E-state index contributed by atoms with van der Waals surface area (Å²) in [6, 6.07) is 2.87. The molecular weight excluding hydrogens is 346 g/mol. The van der Waals surface area contributed by atoms with E-state index >= 15 is 0 Å². The molecule has 0 radical (unpaired) electrons. The lowest BCUT2D eigenvalue weighted by atomic mass is 9.95. The van der Waals surface area contributed by atoms with Crippen molar-refractivity contribution in [3.63, 3.8) is 0 Å². The summed E-state index contributed by atoms with van der Waals surface area (Å²) in [6.45, 7) is 2.94. The summed E-state index contributed by atoms with van der Waals surface area (Å²) in [5, 5.41) is 11.3. The van der Waals surface area contributed by atoms with Gasteiger partial charge < -0.3 is 9.64 Å². The third-order valence-electron chi connectivity index (χ3n) is 4.24. The smallest absolute Gasteiger partial charge is 0.341 e. The lowest BCUT2D eigenvalue weighted by Crippen LogP contribution is -2.44. The molecule has 2 unspecified atom stereocenters. The van der Waals surface area contributed by atoms with Crippen molar-refractivity contribution in [3.8, 4) is 0 Å². The minimum Gasteiger partial charge on any atom is -0.379 e. The average Bonchev–Trinajstić information content (AvgIpc) is 2.54. The number of anilines is 1. The van der Waals surface area contributed by atoms with Crippen molar-refractivity contribution in [3.05, 3.63) is 28.3 Å². The fraction of sp³-hybridized carbons (Fsp3) is 0.571. The molecule has 0 amide bonds. The average molecular weight is 364 g/mol. The molecule has 0 bridgehead atoms. The number of sulfone groups is 1. The Balaban J connectivity index is 2.43. The Kier molecular flexibility index (Phi) is 5.38. The summed E-state index contributed by atoms with van der Waals surface area (Å²) < 4.78 is 53.7. The zero-order valence-corrected chi connectivity index (χ0v) is 14.0. The van der Waals surface area contributed by atoms with Gasteiger partial charge in [-0.25, -0.2) is 8.42 Å². The number of rotatable bonds is 5. The van der Waals surface area contributed by atoms with E-state index in [0.29, 0.717) is 19.2 Å². The highest BCUT2D eigenvalue weighted by Gasteiger charge is 2.33. The van der Waals surface area contributed by atoms with Crippen LogP contribution in [-0.4, -0.2) is 45.4 Å². The predicted octanol–water partition coefficient (Wildman–Crippen LogP) is 2.45. The molecule has 0 N–H and O–H groups in total. The molecule has 2 rings (SSSR count). The highest BCUT2D eigenvalue weighted by atomic mass is 32.2. The van der Waals surface area contributed by atoms with E-state index in [9.17, 15) is 27.3 Å². The number of hydrogen-bond acceptors (Lipinski definition) is 6. The van der Waals surface area contributed by atoms with Crippen LogP contribution < -0.4 is 4.90 Å². The van der Waals surface area contributed by atoms with Gasteiger partial charge in [-0.2, -0.15) is 8.78 Å². The van der Waals surface area contributed by atoms with Crippen LogP contribution in [0.1, 0.15) is 13.3 Å². The van der Waals surface area contributed by atoms with Crippen molar-refractivity contribution in [1.82, 2.24) is 0 Å². The van der Waals surface area contributed by atoms with E-state index in [2.05, 4.69) is 0 Å². The molecular formula is C14H18F2N2O5S. The number of piperidine rings is 1. The number of ether oxygens (including phenoxy) is 1. The lowest BCUT2D eigenvalue weighted by Gasteiger charge is -2.37. The summed E-state index contributed by atoms with van der Waals surface area (Å²) in [7, 11) is -3.33. The fourth-order valence-electron chi connectivity index (χ4n) is 2.76. The van der Waals surface area contributed by atoms with Crippen LogP contribution in [0.15, 0.2) is 23.1 Å². The van der Waals surface area contributed by atoms with Crippen LogP contribution in [0.4, 0.5) is 20.2 Å². The molecule has 134 valence electrons. The molecule has 1 heterocycles. The number of nitrogens with zero attached hydrogens (tertiary/aromatic N) is 2. The molecule has 2 atom stereocenters. The monoisotopic (exact) mass is 364 g/mol. The number of hydrogen-bond donors (Lipinski definition) is 0. The second kappa shape index (κ2) is 6.98. The lowest BCUT2D eigenvalue weighted by molar-refractivity contribution is -0.384. The van der Waals surface area contributed by atoms with Gasteiger partial charge in [-0.15, -0.1) is 0 Å². The van der Waals surface area contributed by atoms with E-state index in [1.807, 2.05) is 6.92 Å². The van der Waals surface area contributed by atoms with Crippen LogP contribution in [0.3, 0.4) is 0 Å². The van der Waals surface area contributed by atoms with E-state index in [1.54, 1.807) is 12.0 Å². The maximum absolute atomic E-state index is 12.6. The van der Waals surface area contributed by atoms with Gasteiger partial charge in [0.2, 0.25) is 9.84 Å². The van der Waals surface area contributed by atoms with Crippen LogP contribution in [0.25, 0.3) is 0 Å². The highest BCUT2D eigenvalue weighted by Crippen LogP contribution is 2.35. The maximum atomic E-state index is 12.6. The van der Waals surface area contributed by atoms with Crippen molar-refractivity contribution in [2.75, 3.05) is 25.1 Å². The number of nitro groups is 1. The number of nitro benzene ring substituents is 1. The standard InChI is InChI=1S/C14H18F2N2O5S/c1-9-5-6-17(8-13(9)23-2)11-4-3-10(7-12(11)18(19)20)24(21,22)14(15)16/h3-4,7,9,13-14H,5-6,8H2,1-2H3. The summed E-state index contributed by atoms with van der Waals surface area (Å²) >= 11 is 0. The molecule has 1 aliphatic heterocycles. The molecule has 0 aliphatic carbocycles. The van der Waals surface area contributed by atoms with Crippen LogP contribution >= 0.6 is 0 Å². The number of benzene rings is 1. The molecule has 24 heavy (non-hydrogen) atoms. The molecule has 0 spiro atoms. The van der Waals surface area contributed by atoms with E-state index in [1.165, 1.54) is 6.07 Å². The third kappa shape index (κ3) is 3.48. The third-order valence-corrected chi connectivity index (χ3v) is 5.62. The van der Waals surface area contributed by atoms with Gasteiger partial charge in [0.15, 0.2) is 0 Å². The zero-order chi connectivity index (χ0) is 18.1. The minimum atomic E-state index is -4.89. The first-order valence-corrected chi connectivity index (χ1v) is 8.81. The largest absolute Gasteiger partial charge is 0.379 e. The van der Waals surface area contributed by atoms with Gasteiger partial charge in [0.05, 0.1) is 15.9 Å². The highest BCUT2D eigenvalue weighted by molar-refractivity contribution is 7.91. The van der Waals surface area contributed by atoms with Gasteiger partial charge in [0, 0.05) is 26.3 Å². The quantitative estimate of drug-likeness (QED) is 0.589. The van der Waals surface area contributed by atoms with Crippen molar-refractivity contribution < 1.29 is 26.9 Å². The van der Waals surface area contributed by atoms with Gasteiger partial charge in [-0.3, -0.25) is 10.1 Å². The first kappa shape index (κ1) is 18.5. The molecule has 0 aromatic heterocycles. The van der Waals surface area contributed by atoms with Crippen molar-refractivity contribution in [2.45, 2.75) is 30.1 Å². The Morgan fingerprint density at radius 3 is 2.62 bits per heavy atom. The van der Waals surface area contributed by atoms with E-state index in [0.717, 1.165) is 12.5 Å².